The van der Waals surface area contributed by atoms with Crippen LogP contribution in [0.1, 0.15) is 9.67 Å². The van der Waals surface area contributed by atoms with Crippen LogP contribution in [0.4, 0.5) is 5.69 Å². The minimum Gasteiger partial charge on any atom is -0.494 e. The normalized spacial score (nSPS) is 10.5. The van der Waals surface area contributed by atoms with Crippen molar-refractivity contribution in [2.75, 3.05) is 12.1 Å². The van der Waals surface area contributed by atoms with E-state index >= 15 is 0 Å². The second-order valence-corrected chi connectivity index (χ2v) is 6.88. The standard InChI is InChI=1S/C17H14ClN3O2S2/c1-23-12-8-4-3-7-11(12)21(17(19)24)20-16(22)15-14(18)10-6-2-5-9-13(10)25-15/h2-9H,1H3,(H2,19,24)(H,20,22). The molecule has 25 heavy (non-hydrogen) atoms. The number of hydrogen-bond donors (Lipinski definition) is 2. The van der Waals surface area contributed by atoms with E-state index in [0.29, 0.717) is 21.3 Å². The number of nitrogens with one attached hydrogen (secondary N) is 1. The van der Waals surface area contributed by atoms with Crippen LogP contribution in [0.2, 0.25) is 5.02 Å². The highest BCUT2D eigenvalue weighted by Gasteiger charge is 2.22. The van der Waals surface area contributed by atoms with Gasteiger partial charge in [0.1, 0.15) is 16.3 Å². The van der Waals surface area contributed by atoms with Gasteiger partial charge in [-0.05, 0) is 30.4 Å². The van der Waals surface area contributed by atoms with Crippen molar-refractivity contribution in [3.8, 4) is 5.75 Å². The number of para-hydroxylation sites is 2. The molecule has 0 atom stereocenters. The third kappa shape index (κ3) is 3.39. The molecule has 0 unspecified atom stereocenters. The topological polar surface area (TPSA) is 67.6 Å². The van der Waals surface area contributed by atoms with Crippen molar-refractivity contribution < 1.29 is 9.53 Å². The Morgan fingerprint density at radius 3 is 2.60 bits per heavy atom. The van der Waals surface area contributed by atoms with Crippen molar-refractivity contribution in [1.82, 2.24) is 5.43 Å². The monoisotopic (exact) mass is 391 g/mol. The van der Waals surface area contributed by atoms with Gasteiger partial charge in [-0.3, -0.25) is 10.2 Å². The highest BCUT2D eigenvalue weighted by molar-refractivity contribution is 7.80. The van der Waals surface area contributed by atoms with E-state index in [-0.39, 0.29) is 5.11 Å². The molecule has 0 aliphatic heterocycles. The number of amides is 1. The van der Waals surface area contributed by atoms with Gasteiger partial charge in [-0.2, -0.15) is 0 Å². The number of carbonyl (C=O) groups is 1. The molecule has 1 aromatic heterocycles. The summed E-state index contributed by atoms with van der Waals surface area (Å²) in [5.74, 6) is 0.128. The zero-order valence-corrected chi connectivity index (χ0v) is 15.5. The Hall–Kier alpha value is -2.35. The second kappa shape index (κ2) is 7.26. The number of hydrazine groups is 1. The predicted octanol–water partition coefficient (Wildman–Crippen LogP) is 3.96. The SMILES string of the molecule is COc1ccccc1N(NC(=O)c1sc2ccccc2c1Cl)C(N)=S. The molecule has 3 rings (SSSR count). The molecule has 0 spiro atoms. The number of benzene rings is 2. The van der Waals surface area contributed by atoms with E-state index in [0.717, 1.165) is 10.1 Å². The molecule has 0 bridgehead atoms. The third-order valence-corrected chi connectivity index (χ3v) is 5.36. The quantitative estimate of drug-likeness (QED) is 0.522. The van der Waals surface area contributed by atoms with E-state index in [1.165, 1.54) is 23.5 Å². The van der Waals surface area contributed by atoms with Crippen LogP contribution in [0, 0.1) is 0 Å². The Balaban J connectivity index is 1.96. The van der Waals surface area contributed by atoms with E-state index < -0.39 is 5.91 Å². The molecule has 0 fully saturated rings. The van der Waals surface area contributed by atoms with E-state index in [9.17, 15) is 4.79 Å². The van der Waals surface area contributed by atoms with Gasteiger partial charge in [0.15, 0.2) is 5.11 Å². The van der Waals surface area contributed by atoms with Gasteiger partial charge in [-0.1, -0.05) is 41.9 Å². The number of ether oxygens (including phenoxy) is 1. The lowest BCUT2D eigenvalue weighted by Crippen LogP contribution is -2.49. The van der Waals surface area contributed by atoms with E-state index in [2.05, 4.69) is 5.43 Å². The average Bonchev–Trinajstić information content (AvgIpc) is 2.96. The number of methoxy groups -OCH3 is 1. The van der Waals surface area contributed by atoms with E-state index in [1.807, 2.05) is 30.3 Å². The van der Waals surface area contributed by atoms with Crippen molar-refractivity contribution >= 4 is 61.9 Å². The summed E-state index contributed by atoms with van der Waals surface area (Å²) in [6.07, 6.45) is 0. The summed E-state index contributed by atoms with van der Waals surface area (Å²) in [4.78, 5) is 13.1. The first kappa shape index (κ1) is 17.5. The maximum atomic E-state index is 12.7. The van der Waals surface area contributed by atoms with Crippen molar-refractivity contribution in [3.63, 3.8) is 0 Å². The Morgan fingerprint density at radius 1 is 1.24 bits per heavy atom. The molecular weight excluding hydrogens is 378 g/mol. The Labute approximate surface area is 158 Å². The summed E-state index contributed by atoms with van der Waals surface area (Å²) in [5, 5.41) is 2.52. The van der Waals surface area contributed by atoms with E-state index in [4.69, 9.17) is 34.3 Å². The molecule has 8 heteroatoms. The minimum absolute atomic E-state index is 0.0184. The zero-order chi connectivity index (χ0) is 18.0. The molecule has 0 aliphatic rings. The summed E-state index contributed by atoms with van der Waals surface area (Å²) in [7, 11) is 1.53. The number of rotatable bonds is 3. The number of fused-ring (bicyclic) bond motifs is 1. The van der Waals surface area contributed by atoms with Gasteiger partial charge in [-0.25, -0.2) is 5.01 Å². The van der Waals surface area contributed by atoms with Crippen LogP contribution in [-0.4, -0.2) is 18.1 Å². The van der Waals surface area contributed by atoms with Crippen molar-refractivity contribution in [2.45, 2.75) is 0 Å². The highest BCUT2D eigenvalue weighted by Crippen LogP contribution is 2.35. The summed E-state index contributed by atoms with van der Waals surface area (Å²) in [6, 6.07) is 14.6. The molecule has 1 heterocycles. The van der Waals surface area contributed by atoms with Gasteiger partial charge in [0.2, 0.25) is 0 Å². The maximum absolute atomic E-state index is 12.7. The molecule has 5 nitrogen and oxygen atoms in total. The van der Waals surface area contributed by atoms with Crippen molar-refractivity contribution in [2.24, 2.45) is 5.73 Å². The van der Waals surface area contributed by atoms with Gasteiger partial charge in [0.05, 0.1) is 12.1 Å². The first-order valence-electron chi connectivity index (χ1n) is 7.23. The van der Waals surface area contributed by atoms with Crippen LogP contribution < -0.4 is 20.9 Å². The number of thiocarbonyl (C=S) groups is 1. The third-order valence-electron chi connectivity index (χ3n) is 3.50. The van der Waals surface area contributed by atoms with Gasteiger partial charge >= 0.3 is 0 Å². The van der Waals surface area contributed by atoms with Crippen molar-refractivity contribution in [1.29, 1.82) is 0 Å². The van der Waals surface area contributed by atoms with Crippen molar-refractivity contribution in [3.05, 3.63) is 58.4 Å². The largest absolute Gasteiger partial charge is 0.494 e. The lowest BCUT2D eigenvalue weighted by Gasteiger charge is -2.24. The number of nitrogens with zero attached hydrogens (tertiary/aromatic N) is 1. The summed E-state index contributed by atoms with van der Waals surface area (Å²) >= 11 is 12.7. The summed E-state index contributed by atoms with van der Waals surface area (Å²) in [5.41, 5.74) is 9.02. The molecule has 0 saturated heterocycles. The number of anilines is 1. The highest BCUT2D eigenvalue weighted by atomic mass is 35.5. The molecule has 3 aromatic rings. The molecule has 0 saturated carbocycles. The van der Waals surface area contributed by atoms with Crippen LogP contribution in [-0.2, 0) is 0 Å². The summed E-state index contributed by atoms with van der Waals surface area (Å²) in [6.45, 7) is 0. The first-order chi connectivity index (χ1) is 12.0. The van der Waals surface area contributed by atoms with Crippen LogP contribution in [0.15, 0.2) is 48.5 Å². The maximum Gasteiger partial charge on any atom is 0.281 e. The molecule has 1 amide bonds. The molecule has 0 aliphatic carbocycles. The fourth-order valence-electron chi connectivity index (χ4n) is 2.36. The van der Waals surface area contributed by atoms with Crippen LogP contribution in [0.25, 0.3) is 10.1 Å². The van der Waals surface area contributed by atoms with Gasteiger partial charge < -0.3 is 10.5 Å². The lowest BCUT2D eigenvalue weighted by atomic mass is 10.2. The number of halogens is 1. The predicted molar refractivity (Wildman–Crippen MR) is 107 cm³/mol. The molecule has 2 aromatic carbocycles. The minimum atomic E-state index is -0.398. The number of nitrogens with two attached hydrogens (primary N) is 1. The van der Waals surface area contributed by atoms with Gasteiger partial charge in [0.25, 0.3) is 5.91 Å². The zero-order valence-electron chi connectivity index (χ0n) is 13.2. The second-order valence-electron chi connectivity index (χ2n) is 5.03. The summed E-state index contributed by atoms with van der Waals surface area (Å²) < 4.78 is 6.23. The van der Waals surface area contributed by atoms with Crippen LogP contribution >= 0.6 is 35.2 Å². The molecule has 0 radical (unpaired) electrons. The first-order valence-corrected chi connectivity index (χ1v) is 8.83. The smallest absolute Gasteiger partial charge is 0.281 e. The van der Waals surface area contributed by atoms with Crippen LogP contribution in [0.5, 0.6) is 5.75 Å². The fraction of sp³-hybridized carbons (Fsp3) is 0.0588. The number of carbonyl (C=O) groups excluding carboxylic acids is 1. The fourth-order valence-corrected chi connectivity index (χ4v) is 3.91. The Kier molecular flexibility index (Phi) is 5.08. The Bertz CT molecular complexity index is 958. The average molecular weight is 392 g/mol. The lowest BCUT2D eigenvalue weighted by molar-refractivity contribution is 0.0959. The number of hydrogen-bond acceptors (Lipinski definition) is 4. The molecule has 3 N–H and O–H groups in total. The van der Waals surface area contributed by atoms with Gasteiger partial charge in [-0.15, -0.1) is 11.3 Å². The van der Waals surface area contributed by atoms with Crippen LogP contribution in [0.3, 0.4) is 0 Å². The number of thiophene rings is 1. The molecular formula is C17H14ClN3O2S2. The van der Waals surface area contributed by atoms with Gasteiger partial charge in [0, 0.05) is 10.1 Å². The molecule has 128 valence electrons. The Morgan fingerprint density at radius 2 is 1.92 bits per heavy atom. The van der Waals surface area contributed by atoms with E-state index in [1.54, 1.807) is 18.2 Å².